The van der Waals surface area contributed by atoms with Crippen LogP contribution in [0.3, 0.4) is 0 Å². The van der Waals surface area contributed by atoms with Crippen LogP contribution in [0.4, 0.5) is 11.6 Å². The predicted octanol–water partition coefficient (Wildman–Crippen LogP) is 2.80. The largest absolute Gasteiger partial charge is 0.370 e. The van der Waals surface area contributed by atoms with E-state index < -0.39 is 0 Å². The van der Waals surface area contributed by atoms with Crippen molar-refractivity contribution in [1.82, 2.24) is 9.97 Å². The van der Waals surface area contributed by atoms with Crippen LogP contribution in [0, 0.1) is 0 Å². The lowest BCUT2D eigenvalue weighted by atomic mass is 10.1. The maximum atomic E-state index is 4.57. The van der Waals surface area contributed by atoms with E-state index in [1.807, 2.05) is 0 Å². The van der Waals surface area contributed by atoms with Crippen LogP contribution >= 0.6 is 11.8 Å². The summed E-state index contributed by atoms with van der Waals surface area (Å²) in [5, 5.41) is 4.00. The summed E-state index contributed by atoms with van der Waals surface area (Å²) in [5.74, 6) is 3.29. The molecule has 0 spiro atoms. The second-order valence-corrected chi connectivity index (χ2v) is 6.40. The van der Waals surface area contributed by atoms with E-state index in [0.717, 1.165) is 31.1 Å². The number of rotatable bonds is 4. The Morgan fingerprint density at radius 1 is 1.37 bits per heavy atom. The molecular weight excluding hydrogens is 256 g/mol. The number of anilines is 2. The maximum Gasteiger partial charge on any atom is 0.137 e. The number of aromatic nitrogens is 2. The van der Waals surface area contributed by atoms with Crippen molar-refractivity contribution in [2.75, 3.05) is 29.1 Å². The fourth-order valence-corrected chi connectivity index (χ4v) is 3.63. The summed E-state index contributed by atoms with van der Waals surface area (Å²) in [4.78, 5) is 11.4. The van der Waals surface area contributed by atoms with Crippen molar-refractivity contribution in [2.45, 2.75) is 45.4 Å². The average Bonchev–Trinajstić information content (AvgIpc) is 2.42. The molecule has 1 aromatic rings. The predicted molar refractivity (Wildman–Crippen MR) is 84.3 cm³/mol. The summed E-state index contributed by atoms with van der Waals surface area (Å²) in [6.07, 6.45) is 2.65. The second kappa shape index (κ2) is 6.46. The summed E-state index contributed by atoms with van der Waals surface area (Å²) >= 11 is 2.05. The van der Waals surface area contributed by atoms with Crippen molar-refractivity contribution in [3.8, 4) is 0 Å². The molecule has 0 saturated carbocycles. The van der Waals surface area contributed by atoms with Crippen molar-refractivity contribution in [3.05, 3.63) is 11.9 Å². The molecule has 19 heavy (non-hydrogen) atoms. The molecule has 2 rings (SSSR count). The monoisotopic (exact) mass is 280 g/mol. The van der Waals surface area contributed by atoms with Gasteiger partial charge in [0.05, 0.1) is 0 Å². The average molecular weight is 280 g/mol. The Hall–Kier alpha value is -0.970. The van der Waals surface area contributed by atoms with E-state index in [-0.39, 0.29) is 0 Å². The van der Waals surface area contributed by atoms with Crippen LogP contribution in [-0.2, 0) is 6.42 Å². The molecular formula is C14H24N4S. The highest BCUT2D eigenvalue weighted by molar-refractivity contribution is 8.00. The third-order valence-corrected chi connectivity index (χ3v) is 5.11. The quantitative estimate of drug-likeness (QED) is 0.918. The lowest BCUT2D eigenvalue weighted by Crippen LogP contribution is -2.45. The number of nitrogens with one attached hydrogen (secondary N) is 1. The molecule has 0 bridgehead atoms. The zero-order chi connectivity index (χ0) is 13.8. The molecule has 2 atom stereocenters. The molecule has 0 amide bonds. The normalized spacial score (nSPS) is 23.5. The molecule has 0 radical (unpaired) electrons. The Bertz CT molecular complexity index is 424. The Morgan fingerprint density at radius 3 is 2.84 bits per heavy atom. The summed E-state index contributed by atoms with van der Waals surface area (Å²) in [7, 11) is 0. The van der Waals surface area contributed by atoms with Crippen LogP contribution in [0.5, 0.6) is 0 Å². The highest BCUT2D eigenvalue weighted by Gasteiger charge is 2.28. The van der Waals surface area contributed by atoms with E-state index >= 15 is 0 Å². The maximum absolute atomic E-state index is 4.57. The number of hydrogen-bond acceptors (Lipinski definition) is 5. The van der Waals surface area contributed by atoms with Gasteiger partial charge in [0.1, 0.15) is 18.0 Å². The van der Waals surface area contributed by atoms with Gasteiger partial charge in [-0.05, 0) is 20.3 Å². The van der Waals surface area contributed by atoms with Crippen molar-refractivity contribution < 1.29 is 0 Å². The number of nitrogens with zero attached hydrogens (tertiary/aromatic N) is 3. The third kappa shape index (κ3) is 2.96. The molecule has 2 heterocycles. The van der Waals surface area contributed by atoms with Crippen LogP contribution in [0.25, 0.3) is 0 Å². The van der Waals surface area contributed by atoms with Crippen LogP contribution in [0.2, 0.25) is 0 Å². The fraction of sp³-hybridized carbons (Fsp3) is 0.714. The van der Waals surface area contributed by atoms with E-state index in [9.17, 15) is 0 Å². The number of hydrogen-bond donors (Lipinski definition) is 1. The number of thioether (sulfide) groups is 1. The van der Waals surface area contributed by atoms with Gasteiger partial charge in [-0.1, -0.05) is 13.8 Å². The van der Waals surface area contributed by atoms with E-state index in [1.165, 1.54) is 11.3 Å². The molecule has 4 nitrogen and oxygen atoms in total. The van der Waals surface area contributed by atoms with Gasteiger partial charge in [-0.2, -0.15) is 11.8 Å². The van der Waals surface area contributed by atoms with Crippen molar-refractivity contribution >= 4 is 23.4 Å². The minimum Gasteiger partial charge on any atom is -0.370 e. The Morgan fingerprint density at radius 2 is 2.16 bits per heavy atom. The first-order chi connectivity index (χ1) is 9.19. The molecule has 1 N–H and O–H groups in total. The van der Waals surface area contributed by atoms with Gasteiger partial charge in [-0.15, -0.1) is 0 Å². The van der Waals surface area contributed by atoms with Crippen LogP contribution in [0.15, 0.2) is 6.33 Å². The van der Waals surface area contributed by atoms with Gasteiger partial charge in [-0.3, -0.25) is 0 Å². The minimum absolute atomic E-state index is 0.522. The first kappa shape index (κ1) is 14.4. The van der Waals surface area contributed by atoms with Crippen LogP contribution in [0.1, 0.15) is 33.3 Å². The Kier molecular flexibility index (Phi) is 4.91. The van der Waals surface area contributed by atoms with Gasteiger partial charge in [0, 0.05) is 35.7 Å². The Labute approximate surface area is 120 Å². The molecule has 1 aromatic heterocycles. The molecule has 1 aliphatic heterocycles. The molecule has 2 unspecified atom stereocenters. The summed E-state index contributed by atoms with van der Waals surface area (Å²) in [6, 6.07) is 0.522. The molecule has 106 valence electrons. The van der Waals surface area contributed by atoms with Gasteiger partial charge in [0.25, 0.3) is 0 Å². The van der Waals surface area contributed by atoms with Gasteiger partial charge >= 0.3 is 0 Å². The van der Waals surface area contributed by atoms with E-state index in [2.05, 4.69) is 59.6 Å². The summed E-state index contributed by atoms with van der Waals surface area (Å²) in [6.45, 7) is 10.8. The standard InChI is InChI=1S/C14H24N4S/c1-5-12-13(15-6-2)16-9-17-14(12)18-7-8-19-11(4)10(18)3/h9-11H,5-8H2,1-4H3,(H,15,16,17). The minimum atomic E-state index is 0.522. The zero-order valence-electron chi connectivity index (χ0n) is 12.3. The molecule has 0 aromatic carbocycles. The van der Waals surface area contributed by atoms with Crippen LogP contribution in [-0.4, -0.2) is 40.1 Å². The molecule has 1 saturated heterocycles. The van der Waals surface area contributed by atoms with Crippen molar-refractivity contribution in [3.63, 3.8) is 0 Å². The lowest BCUT2D eigenvalue weighted by molar-refractivity contribution is 0.617. The van der Waals surface area contributed by atoms with E-state index in [4.69, 9.17) is 0 Å². The summed E-state index contributed by atoms with van der Waals surface area (Å²) < 4.78 is 0. The highest BCUT2D eigenvalue weighted by Crippen LogP contribution is 2.31. The van der Waals surface area contributed by atoms with Gasteiger partial charge in [0.2, 0.25) is 0 Å². The van der Waals surface area contributed by atoms with Crippen molar-refractivity contribution in [1.29, 1.82) is 0 Å². The molecule has 0 aliphatic carbocycles. The SMILES string of the molecule is CCNc1ncnc(N2CCSC(C)C2C)c1CC. The van der Waals surface area contributed by atoms with E-state index in [1.54, 1.807) is 6.33 Å². The second-order valence-electron chi connectivity index (χ2n) is 4.92. The lowest BCUT2D eigenvalue weighted by Gasteiger charge is -2.39. The van der Waals surface area contributed by atoms with Gasteiger partial charge in [0.15, 0.2) is 0 Å². The highest BCUT2D eigenvalue weighted by atomic mass is 32.2. The van der Waals surface area contributed by atoms with E-state index in [0.29, 0.717) is 11.3 Å². The third-order valence-electron chi connectivity index (χ3n) is 3.78. The molecule has 5 heteroatoms. The van der Waals surface area contributed by atoms with Gasteiger partial charge in [-0.25, -0.2) is 9.97 Å². The first-order valence-electron chi connectivity index (χ1n) is 7.15. The zero-order valence-corrected chi connectivity index (χ0v) is 13.1. The summed E-state index contributed by atoms with van der Waals surface area (Å²) in [5.41, 5.74) is 1.25. The Balaban J connectivity index is 2.35. The first-order valence-corrected chi connectivity index (χ1v) is 8.19. The molecule has 1 aliphatic rings. The smallest absolute Gasteiger partial charge is 0.137 e. The topological polar surface area (TPSA) is 41.1 Å². The van der Waals surface area contributed by atoms with Crippen LogP contribution < -0.4 is 10.2 Å². The van der Waals surface area contributed by atoms with Gasteiger partial charge < -0.3 is 10.2 Å². The fourth-order valence-electron chi connectivity index (χ4n) is 2.53. The van der Waals surface area contributed by atoms with Crippen molar-refractivity contribution in [2.24, 2.45) is 0 Å². The molecule has 1 fully saturated rings.